The molecule has 4 rings (SSSR count). The molecule has 0 spiro atoms. The van der Waals surface area contributed by atoms with Crippen molar-refractivity contribution in [1.82, 2.24) is 9.55 Å². The second kappa shape index (κ2) is 6.48. The van der Waals surface area contributed by atoms with E-state index in [1.54, 1.807) is 0 Å². The van der Waals surface area contributed by atoms with Crippen LogP contribution in [-0.4, -0.2) is 44.3 Å². The van der Waals surface area contributed by atoms with Crippen molar-refractivity contribution in [3.05, 3.63) is 52.0 Å². The van der Waals surface area contributed by atoms with Gasteiger partial charge in [0.2, 0.25) is 0 Å². The van der Waals surface area contributed by atoms with E-state index in [-0.39, 0.29) is 0 Å². The molecule has 0 aliphatic heterocycles. The number of nitrogens with zero attached hydrogens (tertiary/aromatic N) is 2. The number of aryl methyl sites for hydroxylation is 1. The third-order valence-electron chi connectivity index (χ3n) is 3.39. The number of aromatic nitrogens is 2. The topological polar surface area (TPSA) is 17.8 Å². The van der Waals surface area contributed by atoms with Gasteiger partial charge in [0.25, 0.3) is 0 Å². The van der Waals surface area contributed by atoms with Crippen LogP contribution in [0.2, 0.25) is 0 Å². The van der Waals surface area contributed by atoms with E-state index in [4.69, 9.17) is 17.2 Å². The SMILES string of the molecule is S=c1[se]c2ccccc2n1CCSc1nc2ccccc2[se]1. The van der Waals surface area contributed by atoms with Gasteiger partial charge in [0.1, 0.15) is 0 Å². The van der Waals surface area contributed by atoms with Gasteiger partial charge in [-0.15, -0.1) is 0 Å². The Bertz CT molecular complexity index is 967. The number of fused-ring (bicyclic) bond motifs is 2. The van der Waals surface area contributed by atoms with E-state index in [1.165, 1.54) is 17.9 Å². The summed E-state index contributed by atoms with van der Waals surface area (Å²) >= 11 is 8.16. The third kappa shape index (κ3) is 2.92. The van der Waals surface area contributed by atoms with Crippen molar-refractivity contribution in [3.63, 3.8) is 0 Å². The summed E-state index contributed by atoms with van der Waals surface area (Å²) < 4.78 is 7.53. The molecule has 6 heteroatoms. The number of thioether (sulfide) groups is 1. The molecule has 0 amide bonds. The van der Waals surface area contributed by atoms with Crippen molar-refractivity contribution in [2.24, 2.45) is 0 Å². The van der Waals surface area contributed by atoms with Gasteiger partial charge in [0.15, 0.2) is 0 Å². The summed E-state index contributed by atoms with van der Waals surface area (Å²) in [6.07, 6.45) is 0. The molecule has 2 aromatic heterocycles. The zero-order valence-electron chi connectivity index (χ0n) is 11.6. The van der Waals surface area contributed by atoms with Crippen molar-refractivity contribution in [2.75, 3.05) is 5.75 Å². The van der Waals surface area contributed by atoms with Crippen LogP contribution < -0.4 is 0 Å². The van der Waals surface area contributed by atoms with Crippen LogP contribution in [0.5, 0.6) is 0 Å². The Morgan fingerprint density at radius 2 is 1.77 bits per heavy atom. The molecular weight excluding hydrogens is 442 g/mol. The van der Waals surface area contributed by atoms with Crippen LogP contribution >= 0.6 is 24.0 Å². The van der Waals surface area contributed by atoms with E-state index >= 15 is 0 Å². The zero-order valence-corrected chi connectivity index (χ0v) is 16.6. The molecule has 0 saturated heterocycles. The van der Waals surface area contributed by atoms with Gasteiger partial charge >= 0.3 is 150 Å². The molecule has 110 valence electrons. The van der Waals surface area contributed by atoms with Gasteiger partial charge in [-0.2, -0.15) is 0 Å². The Morgan fingerprint density at radius 3 is 2.64 bits per heavy atom. The fourth-order valence-electron chi connectivity index (χ4n) is 2.36. The number of hydrogen-bond donors (Lipinski definition) is 0. The van der Waals surface area contributed by atoms with Gasteiger partial charge in [-0.25, -0.2) is 0 Å². The molecule has 0 unspecified atom stereocenters. The monoisotopic (exact) mass is 456 g/mol. The van der Waals surface area contributed by atoms with Crippen molar-refractivity contribution in [3.8, 4) is 0 Å². The molecular formula is C16H12N2S2Se2. The summed E-state index contributed by atoms with van der Waals surface area (Å²) in [7, 11) is 0. The van der Waals surface area contributed by atoms with Gasteiger partial charge in [-0.1, -0.05) is 0 Å². The van der Waals surface area contributed by atoms with E-state index in [2.05, 4.69) is 53.1 Å². The molecule has 0 bridgehead atoms. The maximum atomic E-state index is 5.57. The Hall–Kier alpha value is -0.611. The number of hydrogen-bond acceptors (Lipinski definition) is 3. The summed E-state index contributed by atoms with van der Waals surface area (Å²) in [6, 6.07) is 17.1. The van der Waals surface area contributed by atoms with Gasteiger partial charge in [-0.3, -0.25) is 0 Å². The van der Waals surface area contributed by atoms with Gasteiger partial charge in [0.05, 0.1) is 0 Å². The average molecular weight is 454 g/mol. The molecule has 0 radical (unpaired) electrons. The van der Waals surface area contributed by atoms with Crippen molar-refractivity contribution in [1.29, 1.82) is 0 Å². The van der Waals surface area contributed by atoms with Crippen LogP contribution in [0, 0.1) is 3.51 Å². The molecule has 0 aliphatic carbocycles. The van der Waals surface area contributed by atoms with Crippen LogP contribution in [0.25, 0.3) is 19.6 Å². The van der Waals surface area contributed by atoms with Crippen LogP contribution in [0.15, 0.2) is 52.4 Å². The van der Waals surface area contributed by atoms with E-state index in [1.807, 2.05) is 11.8 Å². The molecule has 2 nitrogen and oxygen atoms in total. The maximum absolute atomic E-state index is 5.57. The van der Waals surface area contributed by atoms with Crippen molar-refractivity contribution < 1.29 is 0 Å². The number of rotatable bonds is 4. The minimum absolute atomic E-state index is 0.321. The predicted molar refractivity (Wildman–Crippen MR) is 99.1 cm³/mol. The van der Waals surface area contributed by atoms with Crippen LogP contribution in [0.3, 0.4) is 0 Å². The standard InChI is InChI=1S/C16H12N2S2Se2/c19-16-18(12-6-2-4-8-14(12)22-16)9-10-20-15-17-11-5-1-3-7-13(11)21-15/h1-8H,9-10H2. The summed E-state index contributed by atoms with van der Waals surface area (Å²) in [5.74, 6) is 1.04. The molecule has 2 aromatic carbocycles. The first-order valence-electron chi connectivity index (χ1n) is 6.88. The quantitative estimate of drug-likeness (QED) is 0.265. The van der Waals surface area contributed by atoms with E-state index in [0.29, 0.717) is 29.0 Å². The molecule has 22 heavy (non-hydrogen) atoms. The second-order valence-electron chi connectivity index (χ2n) is 4.78. The molecule has 0 fully saturated rings. The first-order chi connectivity index (χ1) is 10.8. The molecule has 0 saturated carbocycles. The predicted octanol–water partition coefficient (Wildman–Crippen LogP) is 3.83. The number of para-hydroxylation sites is 2. The van der Waals surface area contributed by atoms with Crippen LogP contribution in [0.1, 0.15) is 0 Å². The Labute approximate surface area is 149 Å². The summed E-state index contributed by atoms with van der Waals surface area (Å²) in [5.41, 5.74) is 2.48. The van der Waals surface area contributed by atoms with Gasteiger partial charge in [-0.05, 0) is 0 Å². The Kier molecular flexibility index (Phi) is 4.40. The Morgan fingerprint density at radius 1 is 1.00 bits per heavy atom. The number of benzene rings is 2. The summed E-state index contributed by atoms with van der Waals surface area (Å²) in [5, 5.41) is 0. The fraction of sp³-hybridized carbons (Fsp3) is 0.125. The molecule has 2 heterocycles. The average Bonchev–Trinajstić information content (AvgIpc) is 3.08. The van der Waals surface area contributed by atoms with Gasteiger partial charge < -0.3 is 0 Å². The first-order valence-corrected chi connectivity index (χ1v) is 11.7. The van der Waals surface area contributed by atoms with E-state index in [0.717, 1.165) is 21.3 Å². The molecule has 0 aliphatic rings. The minimum atomic E-state index is 0.321. The van der Waals surface area contributed by atoms with Crippen molar-refractivity contribution >= 4 is 72.5 Å². The normalized spacial score (nSPS) is 11.5. The summed E-state index contributed by atoms with van der Waals surface area (Å²) in [4.78, 5) is 4.74. The molecule has 0 N–H and O–H groups in total. The summed E-state index contributed by atoms with van der Waals surface area (Å²) in [6.45, 7) is 0.980. The van der Waals surface area contributed by atoms with Crippen LogP contribution in [-0.2, 0) is 6.54 Å². The van der Waals surface area contributed by atoms with Crippen molar-refractivity contribution in [2.45, 2.75) is 10.4 Å². The first kappa shape index (κ1) is 14.9. The molecule has 0 atom stereocenters. The fourth-order valence-corrected chi connectivity index (χ4v) is 8.44. The Balaban J connectivity index is 1.52. The van der Waals surface area contributed by atoms with Crippen LogP contribution in [0.4, 0.5) is 0 Å². The second-order valence-corrected chi connectivity index (χ2v) is 11.7. The zero-order chi connectivity index (χ0) is 14.9. The van der Waals surface area contributed by atoms with Gasteiger partial charge in [0, 0.05) is 0 Å². The molecule has 4 aromatic rings. The van der Waals surface area contributed by atoms with E-state index in [9.17, 15) is 0 Å². The van der Waals surface area contributed by atoms with E-state index < -0.39 is 0 Å². The third-order valence-corrected chi connectivity index (χ3v) is 9.70.